The van der Waals surface area contributed by atoms with Crippen LogP contribution in [-0.2, 0) is 4.79 Å². The summed E-state index contributed by atoms with van der Waals surface area (Å²) in [5, 5.41) is 9.91. The van der Waals surface area contributed by atoms with Gasteiger partial charge in [-0.25, -0.2) is 0 Å². The van der Waals surface area contributed by atoms with E-state index in [2.05, 4.69) is 10.2 Å². The molecular weight excluding hydrogens is 329 g/mol. The molecule has 1 aromatic heterocycles. The number of Topliss-reactive ketones (excluding diaryl/α,β-unsaturated/α-hetero) is 1. The Labute approximate surface area is 135 Å². The molecule has 108 valence electrons. The van der Waals surface area contributed by atoms with Crippen LogP contribution in [0.15, 0.2) is 23.8 Å². The minimum Gasteiger partial charge on any atom is -0.374 e. The highest BCUT2D eigenvalue weighted by molar-refractivity contribution is 7.15. The van der Waals surface area contributed by atoms with E-state index in [1.54, 1.807) is 18.2 Å². The predicted octanol–water partition coefficient (Wildman–Crippen LogP) is 3.96. The molecule has 3 rings (SSSR count). The molecule has 0 amide bonds. The Bertz CT molecular complexity index is 742. The molecule has 0 saturated heterocycles. The van der Waals surface area contributed by atoms with E-state index in [4.69, 9.17) is 28.9 Å². The minimum atomic E-state index is -0.239. The Morgan fingerprint density at radius 2 is 2.14 bits per heavy atom. The van der Waals surface area contributed by atoms with Crippen molar-refractivity contribution < 1.29 is 4.79 Å². The summed E-state index contributed by atoms with van der Waals surface area (Å²) < 4.78 is 0. The van der Waals surface area contributed by atoms with Crippen LogP contribution in [-0.4, -0.2) is 16.0 Å². The van der Waals surface area contributed by atoms with Crippen molar-refractivity contribution in [2.45, 2.75) is 18.8 Å². The van der Waals surface area contributed by atoms with Crippen LogP contribution in [0, 0.1) is 0 Å². The lowest BCUT2D eigenvalue weighted by atomic mass is 10.1. The number of nitrogen functional groups attached to an aromatic ring is 1. The third kappa shape index (κ3) is 2.95. The Morgan fingerprint density at radius 1 is 1.33 bits per heavy atom. The number of rotatable bonds is 2. The monoisotopic (exact) mass is 339 g/mol. The normalized spacial score (nSPS) is 20.4. The number of carbonyl (C=O) groups is 1. The molecule has 1 saturated carbocycles. The van der Waals surface area contributed by atoms with Crippen molar-refractivity contribution in [3.05, 3.63) is 44.4 Å². The molecule has 1 fully saturated rings. The van der Waals surface area contributed by atoms with Gasteiger partial charge in [0.15, 0.2) is 5.78 Å². The van der Waals surface area contributed by atoms with E-state index in [0.29, 0.717) is 26.6 Å². The summed E-state index contributed by atoms with van der Waals surface area (Å²) in [6.45, 7) is 0. The van der Waals surface area contributed by atoms with Crippen LogP contribution in [0.4, 0.5) is 5.13 Å². The number of nitrogens with two attached hydrogens (primary N) is 1. The molecule has 0 spiro atoms. The lowest BCUT2D eigenvalue weighted by Gasteiger charge is -2.02. The number of ketones is 1. The van der Waals surface area contributed by atoms with Crippen molar-refractivity contribution in [1.29, 1.82) is 0 Å². The third-order valence-corrected chi connectivity index (χ3v) is 4.81. The summed E-state index contributed by atoms with van der Waals surface area (Å²) in [4.78, 5) is 12.5. The van der Waals surface area contributed by atoms with Crippen LogP contribution in [0.3, 0.4) is 0 Å². The number of carbonyl (C=O) groups excluding carboxylic acids is 1. The third-order valence-electron chi connectivity index (χ3n) is 3.38. The molecule has 2 N–H and O–H groups in total. The number of benzene rings is 1. The molecule has 2 aromatic rings. The first-order valence-electron chi connectivity index (χ1n) is 6.33. The van der Waals surface area contributed by atoms with Crippen molar-refractivity contribution in [3.63, 3.8) is 0 Å². The van der Waals surface area contributed by atoms with Gasteiger partial charge < -0.3 is 5.73 Å². The van der Waals surface area contributed by atoms with E-state index in [9.17, 15) is 4.79 Å². The molecule has 7 heteroatoms. The zero-order valence-corrected chi connectivity index (χ0v) is 13.2. The maximum Gasteiger partial charge on any atom is 0.203 e. The van der Waals surface area contributed by atoms with Crippen LogP contribution < -0.4 is 5.73 Å². The maximum absolute atomic E-state index is 12.5. The van der Waals surface area contributed by atoms with Gasteiger partial charge in [-0.3, -0.25) is 4.79 Å². The molecule has 0 aliphatic heterocycles. The smallest absolute Gasteiger partial charge is 0.203 e. The van der Waals surface area contributed by atoms with Gasteiger partial charge in [-0.05, 0) is 42.2 Å². The van der Waals surface area contributed by atoms with Gasteiger partial charge in [-0.2, -0.15) is 0 Å². The molecule has 0 bridgehead atoms. The summed E-state index contributed by atoms with van der Waals surface area (Å²) in [5.41, 5.74) is 7.11. The molecule has 4 nitrogen and oxygen atoms in total. The first-order chi connectivity index (χ1) is 10.0. The van der Waals surface area contributed by atoms with Gasteiger partial charge >= 0.3 is 0 Å². The second kappa shape index (κ2) is 5.75. The van der Waals surface area contributed by atoms with Crippen molar-refractivity contribution in [1.82, 2.24) is 10.2 Å². The Morgan fingerprint density at radius 3 is 2.81 bits per heavy atom. The highest BCUT2D eigenvalue weighted by Gasteiger charge is 2.33. The summed E-state index contributed by atoms with van der Waals surface area (Å²) in [7, 11) is 0. The molecule has 1 aliphatic rings. The van der Waals surface area contributed by atoms with E-state index in [0.717, 1.165) is 17.6 Å². The van der Waals surface area contributed by atoms with Crippen molar-refractivity contribution >= 4 is 51.5 Å². The van der Waals surface area contributed by atoms with Gasteiger partial charge in [0.25, 0.3) is 0 Å². The first kappa shape index (κ1) is 14.5. The molecule has 0 radical (unpaired) electrons. The van der Waals surface area contributed by atoms with E-state index in [1.807, 2.05) is 6.08 Å². The Kier molecular flexibility index (Phi) is 3.97. The molecule has 1 heterocycles. The molecular formula is C14H11Cl2N3OS. The standard InChI is InChI=1S/C14H11Cl2N3OS/c15-9-3-1-7(11(16)6-9)5-8-2-4-10(12(8)20)13-18-19-14(17)21-13/h1,3,5-6,10H,2,4H2,(H2,17,19). The summed E-state index contributed by atoms with van der Waals surface area (Å²) in [6, 6.07) is 5.22. The van der Waals surface area contributed by atoms with Crippen molar-refractivity contribution in [3.8, 4) is 0 Å². The summed E-state index contributed by atoms with van der Waals surface area (Å²) >= 11 is 13.3. The van der Waals surface area contributed by atoms with Gasteiger partial charge in [-0.15, -0.1) is 10.2 Å². The van der Waals surface area contributed by atoms with Crippen LogP contribution in [0.2, 0.25) is 10.0 Å². The number of allylic oxidation sites excluding steroid dienone is 1. The van der Waals surface area contributed by atoms with Gasteiger partial charge in [0.2, 0.25) is 5.13 Å². The average Bonchev–Trinajstić information content (AvgIpc) is 3.00. The lowest BCUT2D eigenvalue weighted by molar-refractivity contribution is -0.115. The highest BCUT2D eigenvalue weighted by Crippen LogP contribution is 2.38. The molecule has 1 atom stereocenters. The molecule has 21 heavy (non-hydrogen) atoms. The van der Waals surface area contributed by atoms with E-state index in [-0.39, 0.29) is 11.7 Å². The molecule has 1 unspecified atom stereocenters. The van der Waals surface area contributed by atoms with E-state index >= 15 is 0 Å². The van der Waals surface area contributed by atoms with Crippen LogP contribution >= 0.6 is 34.5 Å². The fraction of sp³-hybridized carbons (Fsp3) is 0.214. The number of hydrogen-bond donors (Lipinski definition) is 1. The number of anilines is 1. The zero-order valence-electron chi connectivity index (χ0n) is 10.8. The zero-order chi connectivity index (χ0) is 15.0. The van der Waals surface area contributed by atoms with Crippen molar-refractivity contribution in [2.75, 3.05) is 5.73 Å². The lowest BCUT2D eigenvalue weighted by Crippen LogP contribution is -2.05. The number of hydrogen-bond acceptors (Lipinski definition) is 5. The molecule has 1 aromatic carbocycles. The van der Waals surface area contributed by atoms with Gasteiger partial charge in [0.1, 0.15) is 5.01 Å². The maximum atomic E-state index is 12.5. The highest BCUT2D eigenvalue weighted by atomic mass is 35.5. The average molecular weight is 340 g/mol. The number of halogens is 2. The molecule has 1 aliphatic carbocycles. The van der Waals surface area contributed by atoms with Gasteiger partial charge in [0.05, 0.1) is 5.92 Å². The van der Waals surface area contributed by atoms with Gasteiger partial charge in [0, 0.05) is 10.0 Å². The van der Waals surface area contributed by atoms with Crippen LogP contribution in [0.25, 0.3) is 6.08 Å². The van der Waals surface area contributed by atoms with E-state index in [1.165, 1.54) is 11.3 Å². The largest absolute Gasteiger partial charge is 0.374 e. The Hall–Kier alpha value is -1.43. The second-order valence-corrected chi connectivity index (χ2v) is 6.65. The first-order valence-corrected chi connectivity index (χ1v) is 7.90. The van der Waals surface area contributed by atoms with E-state index < -0.39 is 0 Å². The Balaban J connectivity index is 1.87. The summed E-state index contributed by atoms with van der Waals surface area (Å²) in [6.07, 6.45) is 3.25. The quantitative estimate of drug-likeness (QED) is 0.840. The summed E-state index contributed by atoms with van der Waals surface area (Å²) in [5.74, 6) is -0.172. The van der Waals surface area contributed by atoms with Crippen LogP contribution in [0.1, 0.15) is 29.3 Å². The fourth-order valence-corrected chi connectivity index (χ4v) is 3.56. The SMILES string of the molecule is Nc1nnc(C2CCC(=Cc3ccc(Cl)cc3Cl)C2=O)s1. The fourth-order valence-electron chi connectivity index (χ4n) is 2.35. The number of nitrogens with zero attached hydrogens (tertiary/aromatic N) is 2. The van der Waals surface area contributed by atoms with Gasteiger partial charge in [-0.1, -0.05) is 40.6 Å². The predicted molar refractivity (Wildman–Crippen MR) is 85.7 cm³/mol. The number of aromatic nitrogens is 2. The van der Waals surface area contributed by atoms with Crippen LogP contribution in [0.5, 0.6) is 0 Å². The topological polar surface area (TPSA) is 68.9 Å². The minimum absolute atomic E-state index is 0.0668. The van der Waals surface area contributed by atoms with Crippen molar-refractivity contribution in [2.24, 2.45) is 0 Å². The second-order valence-electron chi connectivity index (χ2n) is 4.77.